The van der Waals surface area contributed by atoms with E-state index in [1.807, 2.05) is 19.1 Å². The van der Waals surface area contributed by atoms with Crippen molar-refractivity contribution in [3.8, 4) is 5.75 Å². The molecule has 2 N–H and O–H groups in total. The van der Waals surface area contributed by atoms with Crippen LogP contribution in [0.1, 0.15) is 51.1 Å². The number of carbonyl (C=O) groups excluding carboxylic acids is 1. The summed E-state index contributed by atoms with van der Waals surface area (Å²) in [6.45, 7) is 3.79. The smallest absolute Gasteiger partial charge is 0.341 e. The number of benzene rings is 1. The van der Waals surface area contributed by atoms with E-state index in [1.54, 1.807) is 12.1 Å². The number of amides is 1. The molecule has 0 bridgehead atoms. The highest BCUT2D eigenvalue weighted by Crippen LogP contribution is 2.26. The van der Waals surface area contributed by atoms with E-state index in [0.29, 0.717) is 11.7 Å². The van der Waals surface area contributed by atoms with Gasteiger partial charge in [-0.25, -0.2) is 4.79 Å². The van der Waals surface area contributed by atoms with Gasteiger partial charge in [-0.05, 0) is 43.4 Å². The van der Waals surface area contributed by atoms with Crippen molar-refractivity contribution in [3.63, 3.8) is 0 Å². The van der Waals surface area contributed by atoms with Crippen molar-refractivity contribution in [1.29, 1.82) is 0 Å². The van der Waals surface area contributed by atoms with Crippen molar-refractivity contribution >= 4 is 11.9 Å². The molecule has 0 heterocycles. The Labute approximate surface area is 148 Å². The molecular formula is C19H27NO5. The molecule has 0 saturated heterocycles. The zero-order valence-corrected chi connectivity index (χ0v) is 14.9. The number of hydrogen-bond donors (Lipinski definition) is 2. The summed E-state index contributed by atoms with van der Waals surface area (Å²) >= 11 is 0. The van der Waals surface area contributed by atoms with Crippen LogP contribution in [0.25, 0.3) is 0 Å². The molecule has 1 saturated carbocycles. The van der Waals surface area contributed by atoms with Crippen molar-refractivity contribution in [3.05, 3.63) is 29.8 Å². The summed E-state index contributed by atoms with van der Waals surface area (Å²) < 4.78 is 10.9. The summed E-state index contributed by atoms with van der Waals surface area (Å²) in [6.07, 6.45) is 4.79. The lowest BCUT2D eigenvalue weighted by molar-refractivity contribution is -0.139. The van der Waals surface area contributed by atoms with E-state index in [0.717, 1.165) is 12.0 Å². The first-order chi connectivity index (χ1) is 12.0. The normalized spacial score (nSPS) is 21.4. The topological polar surface area (TPSA) is 84.9 Å². The van der Waals surface area contributed by atoms with E-state index < -0.39 is 5.97 Å². The van der Waals surface area contributed by atoms with E-state index in [1.165, 1.54) is 19.3 Å². The zero-order valence-electron chi connectivity index (χ0n) is 14.9. The van der Waals surface area contributed by atoms with Crippen molar-refractivity contribution in [2.45, 2.75) is 51.7 Å². The van der Waals surface area contributed by atoms with Gasteiger partial charge >= 0.3 is 5.97 Å². The van der Waals surface area contributed by atoms with Crippen LogP contribution in [0, 0.1) is 5.92 Å². The predicted octanol–water partition coefficient (Wildman–Crippen LogP) is 2.92. The number of carbonyl (C=O) groups is 2. The molecule has 1 amide bonds. The van der Waals surface area contributed by atoms with Crippen LogP contribution < -0.4 is 10.1 Å². The second-order valence-corrected chi connectivity index (χ2v) is 6.65. The Morgan fingerprint density at radius 3 is 2.52 bits per heavy atom. The van der Waals surface area contributed by atoms with Gasteiger partial charge < -0.3 is 19.9 Å². The fraction of sp³-hybridized carbons (Fsp3) is 0.579. The number of carboxylic acids is 1. The first-order valence-corrected chi connectivity index (χ1v) is 8.81. The SMILES string of the molecule is CC(NC(=O)COC1CCCCC1C)c1ccc(OCC(=O)O)cc1. The number of hydrogen-bond acceptors (Lipinski definition) is 4. The van der Waals surface area contributed by atoms with Gasteiger partial charge in [0, 0.05) is 0 Å². The third-order valence-corrected chi connectivity index (χ3v) is 4.58. The molecular weight excluding hydrogens is 322 g/mol. The van der Waals surface area contributed by atoms with Gasteiger partial charge in [0.25, 0.3) is 0 Å². The lowest BCUT2D eigenvalue weighted by Gasteiger charge is -2.28. The second-order valence-electron chi connectivity index (χ2n) is 6.65. The highest BCUT2D eigenvalue weighted by atomic mass is 16.5. The molecule has 0 aromatic heterocycles. The van der Waals surface area contributed by atoms with Gasteiger partial charge in [0.1, 0.15) is 12.4 Å². The average molecular weight is 349 g/mol. The monoisotopic (exact) mass is 349 g/mol. The molecule has 25 heavy (non-hydrogen) atoms. The number of nitrogens with one attached hydrogen (secondary N) is 1. The molecule has 6 nitrogen and oxygen atoms in total. The largest absolute Gasteiger partial charge is 0.482 e. The molecule has 1 aliphatic rings. The lowest BCUT2D eigenvalue weighted by Crippen LogP contribution is -2.34. The Morgan fingerprint density at radius 2 is 1.88 bits per heavy atom. The molecule has 3 unspecified atom stereocenters. The lowest BCUT2D eigenvalue weighted by atomic mass is 9.88. The summed E-state index contributed by atoms with van der Waals surface area (Å²) in [6, 6.07) is 6.86. The summed E-state index contributed by atoms with van der Waals surface area (Å²) in [4.78, 5) is 22.6. The van der Waals surface area contributed by atoms with Gasteiger partial charge in [-0.2, -0.15) is 0 Å². The summed E-state index contributed by atoms with van der Waals surface area (Å²) in [5, 5.41) is 11.5. The average Bonchev–Trinajstić information content (AvgIpc) is 2.59. The molecule has 0 aliphatic heterocycles. The Hall–Kier alpha value is -2.08. The van der Waals surface area contributed by atoms with Crippen LogP contribution in [-0.2, 0) is 14.3 Å². The van der Waals surface area contributed by atoms with E-state index in [4.69, 9.17) is 14.6 Å². The van der Waals surface area contributed by atoms with E-state index in [9.17, 15) is 9.59 Å². The fourth-order valence-corrected chi connectivity index (χ4v) is 3.08. The van der Waals surface area contributed by atoms with Gasteiger partial charge in [0.2, 0.25) is 5.91 Å². The van der Waals surface area contributed by atoms with Crippen LogP contribution >= 0.6 is 0 Å². The Balaban J connectivity index is 1.77. The predicted molar refractivity (Wildman–Crippen MR) is 93.5 cm³/mol. The Kier molecular flexibility index (Phi) is 7.25. The van der Waals surface area contributed by atoms with E-state index >= 15 is 0 Å². The molecule has 1 aliphatic carbocycles. The Bertz CT molecular complexity index is 572. The van der Waals surface area contributed by atoms with Gasteiger partial charge in [0.15, 0.2) is 6.61 Å². The molecule has 138 valence electrons. The zero-order chi connectivity index (χ0) is 18.2. The van der Waals surface area contributed by atoms with Gasteiger partial charge in [-0.3, -0.25) is 4.79 Å². The summed E-state index contributed by atoms with van der Waals surface area (Å²) in [7, 11) is 0. The maximum atomic E-state index is 12.1. The molecule has 1 aromatic carbocycles. The van der Waals surface area contributed by atoms with Crippen molar-refractivity contribution < 1.29 is 24.2 Å². The molecule has 1 aromatic rings. The van der Waals surface area contributed by atoms with Gasteiger partial charge in [-0.15, -0.1) is 0 Å². The highest BCUT2D eigenvalue weighted by Gasteiger charge is 2.22. The molecule has 0 spiro atoms. The van der Waals surface area contributed by atoms with Crippen molar-refractivity contribution in [2.24, 2.45) is 5.92 Å². The maximum absolute atomic E-state index is 12.1. The van der Waals surface area contributed by atoms with Crippen molar-refractivity contribution in [2.75, 3.05) is 13.2 Å². The molecule has 6 heteroatoms. The van der Waals surface area contributed by atoms with Crippen LogP contribution in [0.3, 0.4) is 0 Å². The summed E-state index contributed by atoms with van der Waals surface area (Å²) in [5.74, 6) is -0.148. The van der Waals surface area contributed by atoms with E-state index in [-0.39, 0.29) is 31.3 Å². The van der Waals surface area contributed by atoms with Crippen LogP contribution in [-0.4, -0.2) is 36.3 Å². The third kappa shape index (κ3) is 6.38. The Morgan fingerprint density at radius 1 is 1.20 bits per heavy atom. The second kappa shape index (κ2) is 9.42. The summed E-state index contributed by atoms with van der Waals surface area (Å²) in [5.41, 5.74) is 0.919. The molecule has 3 atom stereocenters. The highest BCUT2D eigenvalue weighted by molar-refractivity contribution is 5.77. The minimum Gasteiger partial charge on any atom is -0.482 e. The molecule has 1 fully saturated rings. The van der Waals surface area contributed by atoms with Crippen LogP contribution in [0.5, 0.6) is 5.75 Å². The number of aliphatic carboxylic acids is 1. The van der Waals surface area contributed by atoms with E-state index in [2.05, 4.69) is 12.2 Å². The minimum atomic E-state index is -1.02. The first kappa shape index (κ1) is 19.2. The van der Waals surface area contributed by atoms with Crippen molar-refractivity contribution in [1.82, 2.24) is 5.32 Å². The molecule has 2 rings (SSSR count). The number of ether oxygens (including phenoxy) is 2. The standard InChI is InChI=1S/C19H27NO5/c1-13-5-3-4-6-17(13)25-11-18(21)20-14(2)15-7-9-16(10-8-15)24-12-19(22)23/h7-10,13-14,17H,3-6,11-12H2,1-2H3,(H,20,21)(H,22,23). The fourth-order valence-electron chi connectivity index (χ4n) is 3.08. The third-order valence-electron chi connectivity index (χ3n) is 4.58. The van der Waals surface area contributed by atoms with Gasteiger partial charge in [-0.1, -0.05) is 31.9 Å². The molecule has 0 radical (unpaired) electrons. The van der Waals surface area contributed by atoms with Crippen LogP contribution in [0.2, 0.25) is 0 Å². The van der Waals surface area contributed by atoms with Crippen LogP contribution in [0.15, 0.2) is 24.3 Å². The minimum absolute atomic E-state index is 0.0825. The number of carboxylic acid groups (broad SMARTS) is 1. The van der Waals surface area contributed by atoms with Crippen LogP contribution in [0.4, 0.5) is 0 Å². The maximum Gasteiger partial charge on any atom is 0.341 e. The van der Waals surface area contributed by atoms with Gasteiger partial charge in [0.05, 0.1) is 12.1 Å². The number of rotatable bonds is 8. The quantitative estimate of drug-likeness (QED) is 0.754. The first-order valence-electron chi connectivity index (χ1n) is 8.81.